The lowest BCUT2D eigenvalue weighted by Crippen LogP contribution is -2.36. The molecule has 1 fully saturated rings. The zero-order chi connectivity index (χ0) is 13.7. The standard InChI is InChI=1S/C14H21N3O2/c15-14(16-19)13-6-2-1-5-12(13)9-17-7-3-4-11(8-17)10-18/h1-2,5-6,11,18-19H,3-4,7-10H2,(H2,15,16). The monoisotopic (exact) mass is 263 g/mol. The maximum Gasteiger partial charge on any atom is 0.170 e. The lowest BCUT2D eigenvalue weighted by Gasteiger charge is -2.32. The first-order valence-electron chi connectivity index (χ1n) is 6.63. The van der Waals surface area contributed by atoms with E-state index in [0.717, 1.165) is 43.6 Å². The summed E-state index contributed by atoms with van der Waals surface area (Å²) >= 11 is 0. The second-order valence-electron chi connectivity index (χ2n) is 5.07. The molecule has 0 amide bonds. The Morgan fingerprint density at radius 3 is 2.95 bits per heavy atom. The molecule has 1 heterocycles. The summed E-state index contributed by atoms with van der Waals surface area (Å²) in [5.41, 5.74) is 7.52. The third kappa shape index (κ3) is 3.45. The van der Waals surface area contributed by atoms with Gasteiger partial charge in [0.1, 0.15) is 0 Å². The summed E-state index contributed by atoms with van der Waals surface area (Å²) < 4.78 is 0. The number of benzene rings is 1. The Hall–Kier alpha value is -1.59. The fourth-order valence-corrected chi connectivity index (χ4v) is 2.65. The molecule has 1 aliphatic rings. The lowest BCUT2D eigenvalue weighted by molar-refractivity contribution is 0.116. The molecule has 0 saturated carbocycles. The van der Waals surface area contributed by atoms with Gasteiger partial charge in [0.2, 0.25) is 0 Å². The van der Waals surface area contributed by atoms with Crippen LogP contribution in [-0.2, 0) is 6.54 Å². The molecule has 4 N–H and O–H groups in total. The van der Waals surface area contributed by atoms with E-state index in [-0.39, 0.29) is 12.4 Å². The number of hydrogen-bond donors (Lipinski definition) is 3. The Labute approximate surface area is 113 Å². The summed E-state index contributed by atoms with van der Waals surface area (Å²) in [5.74, 6) is 0.510. The van der Waals surface area contributed by atoms with Crippen molar-refractivity contribution in [2.45, 2.75) is 19.4 Å². The Morgan fingerprint density at radius 1 is 1.42 bits per heavy atom. The van der Waals surface area contributed by atoms with Crippen LogP contribution < -0.4 is 5.73 Å². The van der Waals surface area contributed by atoms with Gasteiger partial charge in [0.25, 0.3) is 0 Å². The van der Waals surface area contributed by atoms with E-state index in [1.165, 1.54) is 0 Å². The van der Waals surface area contributed by atoms with Crippen molar-refractivity contribution in [3.05, 3.63) is 35.4 Å². The number of likely N-dealkylation sites (tertiary alicyclic amines) is 1. The van der Waals surface area contributed by atoms with Crippen molar-refractivity contribution in [1.82, 2.24) is 4.90 Å². The molecule has 5 nitrogen and oxygen atoms in total. The molecule has 19 heavy (non-hydrogen) atoms. The van der Waals surface area contributed by atoms with Crippen molar-refractivity contribution in [1.29, 1.82) is 0 Å². The summed E-state index contributed by atoms with van der Waals surface area (Å²) in [4.78, 5) is 2.31. The minimum atomic E-state index is 0.145. The number of aliphatic hydroxyl groups is 1. The summed E-state index contributed by atoms with van der Waals surface area (Å²) in [7, 11) is 0. The Balaban J connectivity index is 2.10. The Bertz CT molecular complexity index is 448. The van der Waals surface area contributed by atoms with E-state index in [9.17, 15) is 5.11 Å². The molecule has 0 radical (unpaired) electrons. The second-order valence-corrected chi connectivity index (χ2v) is 5.07. The van der Waals surface area contributed by atoms with Crippen LogP contribution >= 0.6 is 0 Å². The van der Waals surface area contributed by atoms with Gasteiger partial charge < -0.3 is 16.0 Å². The molecule has 1 aromatic carbocycles. The first-order chi connectivity index (χ1) is 9.24. The summed E-state index contributed by atoms with van der Waals surface area (Å²) in [6.45, 7) is 2.95. The van der Waals surface area contributed by atoms with Crippen LogP contribution in [0.5, 0.6) is 0 Å². The number of nitrogens with zero attached hydrogens (tertiary/aromatic N) is 2. The van der Waals surface area contributed by atoms with Gasteiger partial charge in [0, 0.05) is 25.3 Å². The first-order valence-corrected chi connectivity index (χ1v) is 6.63. The molecular formula is C14H21N3O2. The average molecular weight is 263 g/mol. The number of aliphatic hydroxyl groups excluding tert-OH is 1. The van der Waals surface area contributed by atoms with Gasteiger partial charge in [-0.1, -0.05) is 29.4 Å². The van der Waals surface area contributed by atoms with Gasteiger partial charge in [-0.15, -0.1) is 0 Å². The molecule has 1 aliphatic heterocycles. The molecule has 1 atom stereocenters. The molecular weight excluding hydrogens is 242 g/mol. The molecule has 0 spiro atoms. The van der Waals surface area contributed by atoms with Crippen molar-refractivity contribution in [2.75, 3.05) is 19.7 Å². The highest BCUT2D eigenvalue weighted by atomic mass is 16.4. The Kier molecular flexibility index (Phi) is 4.76. The second kappa shape index (κ2) is 6.54. The summed E-state index contributed by atoms with van der Waals surface area (Å²) in [6, 6.07) is 7.69. The zero-order valence-electron chi connectivity index (χ0n) is 11.0. The van der Waals surface area contributed by atoms with E-state index in [0.29, 0.717) is 5.92 Å². The van der Waals surface area contributed by atoms with Crippen LogP contribution in [-0.4, -0.2) is 40.7 Å². The van der Waals surface area contributed by atoms with Crippen molar-refractivity contribution < 1.29 is 10.3 Å². The van der Waals surface area contributed by atoms with Gasteiger partial charge in [-0.3, -0.25) is 4.90 Å². The van der Waals surface area contributed by atoms with Crippen LogP contribution in [0, 0.1) is 5.92 Å². The molecule has 2 rings (SSSR count). The SMILES string of the molecule is N/C(=N\O)c1ccccc1CN1CCCC(CO)C1. The zero-order valence-corrected chi connectivity index (χ0v) is 11.0. The van der Waals surface area contributed by atoms with E-state index < -0.39 is 0 Å². The van der Waals surface area contributed by atoms with E-state index in [1.54, 1.807) is 0 Å². The number of nitrogens with two attached hydrogens (primary N) is 1. The number of piperidine rings is 1. The summed E-state index contributed by atoms with van der Waals surface area (Å²) in [6.07, 6.45) is 2.20. The quantitative estimate of drug-likeness (QED) is 0.327. The maximum absolute atomic E-state index is 9.26. The van der Waals surface area contributed by atoms with Crippen LogP contribution in [0.2, 0.25) is 0 Å². The molecule has 0 bridgehead atoms. The fourth-order valence-electron chi connectivity index (χ4n) is 2.65. The maximum atomic E-state index is 9.26. The number of rotatable bonds is 4. The predicted molar refractivity (Wildman–Crippen MR) is 74.0 cm³/mol. The lowest BCUT2D eigenvalue weighted by atomic mass is 9.98. The molecule has 1 aromatic rings. The molecule has 0 aromatic heterocycles. The van der Waals surface area contributed by atoms with Gasteiger partial charge >= 0.3 is 0 Å². The minimum absolute atomic E-state index is 0.145. The third-order valence-electron chi connectivity index (χ3n) is 3.66. The van der Waals surface area contributed by atoms with Gasteiger partial charge in [-0.05, 0) is 30.9 Å². The van der Waals surface area contributed by atoms with Crippen LogP contribution in [0.15, 0.2) is 29.4 Å². The fraction of sp³-hybridized carbons (Fsp3) is 0.500. The van der Waals surface area contributed by atoms with Crippen molar-refractivity contribution in [3.8, 4) is 0 Å². The largest absolute Gasteiger partial charge is 0.409 e. The van der Waals surface area contributed by atoms with Gasteiger partial charge in [0.15, 0.2) is 5.84 Å². The normalized spacial score (nSPS) is 21.5. The number of hydrogen-bond acceptors (Lipinski definition) is 4. The predicted octanol–water partition coefficient (Wildman–Crippen LogP) is 0.985. The van der Waals surface area contributed by atoms with Crippen LogP contribution in [0.25, 0.3) is 0 Å². The van der Waals surface area contributed by atoms with Crippen molar-refractivity contribution >= 4 is 5.84 Å². The topological polar surface area (TPSA) is 82.1 Å². The highest BCUT2D eigenvalue weighted by Gasteiger charge is 2.20. The van der Waals surface area contributed by atoms with E-state index in [1.807, 2.05) is 24.3 Å². The molecule has 0 aliphatic carbocycles. The Morgan fingerprint density at radius 2 is 2.21 bits per heavy atom. The molecule has 1 unspecified atom stereocenters. The third-order valence-corrected chi connectivity index (χ3v) is 3.66. The van der Waals surface area contributed by atoms with Gasteiger partial charge in [-0.25, -0.2) is 0 Å². The smallest absolute Gasteiger partial charge is 0.170 e. The minimum Gasteiger partial charge on any atom is -0.409 e. The molecule has 5 heteroatoms. The highest BCUT2D eigenvalue weighted by Crippen LogP contribution is 2.19. The van der Waals surface area contributed by atoms with Crippen molar-refractivity contribution in [3.63, 3.8) is 0 Å². The average Bonchev–Trinajstić information content (AvgIpc) is 2.47. The van der Waals surface area contributed by atoms with E-state index in [4.69, 9.17) is 10.9 Å². The van der Waals surface area contributed by atoms with Crippen LogP contribution in [0.4, 0.5) is 0 Å². The first kappa shape index (κ1) is 13.8. The highest BCUT2D eigenvalue weighted by molar-refractivity contribution is 5.98. The molecule has 1 saturated heterocycles. The van der Waals surface area contributed by atoms with E-state index >= 15 is 0 Å². The summed E-state index contributed by atoms with van der Waals surface area (Å²) in [5, 5.41) is 21.2. The van der Waals surface area contributed by atoms with Gasteiger partial charge in [-0.2, -0.15) is 0 Å². The van der Waals surface area contributed by atoms with Gasteiger partial charge in [0.05, 0.1) is 0 Å². The van der Waals surface area contributed by atoms with E-state index in [2.05, 4.69) is 10.1 Å². The number of amidine groups is 1. The van der Waals surface area contributed by atoms with Crippen LogP contribution in [0.3, 0.4) is 0 Å². The number of oxime groups is 1. The van der Waals surface area contributed by atoms with Crippen LogP contribution in [0.1, 0.15) is 24.0 Å². The van der Waals surface area contributed by atoms with Crippen molar-refractivity contribution in [2.24, 2.45) is 16.8 Å². The molecule has 104 valence electrons.